The highest BCUT2D eigenvalue weighted by atomic mass is 16.6. The molecule has 8 heteroatoms. The van der Waals surface area contributed by atoms with Crippen molar-refractivity contribution in [1.82, 2.24) is 9.47 Å². The third-order valence-corrected chi connectivity index (χ3v) is 5.39. The Morgan fingerprint density at radius 1 is 1.21 bits per heavy atom. The highest BCUT2D eigenvalue weighted by molar-refractivity contribution is 5.77. The molecule has 1 amide bonds. The van der Waals surface area contributed by atoms with Crippen LogP contribution in [0.4, 0.5) is 5.69 Å². The molecule has 0 N–H and O–H groups in total. The second-order valence-electron chi connectivity index (χ2n) is 7.19. The topological polar surface area (TPSA) is 98.6 Å². The van der Waals surface area contributed by atoms with Gasteiger partial charge in [0.1, 0.15) is 0 Å². The van der Waals surface area contributed by atoms with Crippen LogP contribution in [0, 0.1) is 10.1 Å². The number of fused-ring (bicyclic) bond motifs is 1. The monoisotopic (exact) mass is 395 g/mol. The van der Waals surface area contributed by atoms with E-state index < -0.39 is 10.7 Å². The van der Waals surface area contributed by atoms with Gasteiger partial charge in [-0.25, -0.2) is 4.79 Å². The molecule has 2 aromatic carbocycles. The van der Waals surface area contributed by atoms with Gasteiger partial charge in [0.25, 0.3) is 5.69 Å². The van der Waals surface area contributed by atoms with Crippen molar-refractivity contribution in [2.75, 3.05) is 6.54 Å². The van der Waals surface area contributed by atoms with Crippen LogP contribution in [0.25, 0.3) is 11.1 Å². The van der Waals surface area contributed by atoms with Crippen LogP contribution in [-0.4, -0.2) is 26.8 Å². The molecule has 0 spiro atoms. The molecule has 1 aliphatic rings. The second kappa shape index (κ2) is 7.90. The fourth-order valence-corrected chi connectivity index (χ4v) is 4.00. The molecule has 4 rings (SSSR count). The molecular weight excluding hydrogens is 374 g/mol. The lowest BCUT2D eigenvalue weighted by molar-refractivity contribution is -0.384. The molecule has 1 saturated heterocycles. The minimum atomic E-state index is -0.573. The number of oxazole rings is 1. The normalized spacial score (nSPS) is 16.4. The van der Waals surface area contributed by atoms with Crippen molar-refractivity contribution in [3.05, 3.63) is 74.8 Å². The fourth-order valence-electron chi connectivity index (χ4n) is 4.00. The Morgan fingerprint density at radius 3 is 2.76 bits per heavy atom. The summed E-state index contributed by atoms with van der Waals surface area (Å²) in [7, 11) is 0. The van der Waals surface area contributed by atoms with Gasteiger partial charge in [-0.3, -0.25) is 19.5 Å². The number of aryl methyl sites for hydroxylation is 1. The first-order valence-corrected chi connectivity index (χ1v) is 9.67. The van der Waals surface area contributed by atoms with Crippen LogP contribution < -0.4 is 5.76 Å². The van der Waals surface area contributed by atoms with Crippen molar-refractivity contribution < 1.29 is 14.1 Å². The summed E-state index contributed by atoms with van der Waals surface area (Å²) in [6, 6.07) is 14.2. The van der Waals surface area contributed by atoms with E-state index in [1.54, 1.807) is 0 Å². The second-order valence-corrected chi connectivity index (χ2v) is 7.19. The van der Waals surface area contributed by atoms with E-state index in [-0.39, 0.29) is 23.2 Å². The van der Waals surface area contributed by atoms with Crippen LogP contribution in [-0.2, 0) is 11.3 Å². The minimum Gasteiger partial charge on any atom is -0.407 e. The quantitative estimate of drug-likeness (QED) is 0.469. The molecule has 1 aliphatic heterocycles. The van der Waals surface area contributed by atoms with E-state index in [9.17, 15) is 19.7 Å². The number of nitro groups is 1. The Morgan fingerprint density at radius 2 is 2.00 bits per heavy atom. The average molecular weight is 395 g/mol. The van der Waals surface area contributed by atoms with Crippen molar-refractivity contribution >= 4 is 22.7 Å². The van der Waals surface area contributed by atoms with Gasteiger partial charge >= 0.3 is 5.76 Å². The predicted octanol–water partition coefficient (Wildman–Crippen LogP) is 3.65. The summed E-state index contributed by atoms with van der Waals surface area (Å²) in [6.07, 6.45) is 2.76. The molecule has 1 unspecified atom stereocenters. The number of nitro benzene ring substituents is 1. The number of nitrogens with zero attached hydrogens (tertiary/aromatic N) is 3. The number of amides is 1. The van der Waals surface area contributed by atoms with Gasteiger partial charge in [0, 0.05) is 25.6 Å². The summed E-state index contributed by atoms with van der Waals surface area (Å²) in [5.41, 5.74) is 1.70. The molecule has 29 heavy (non-hydrogen) atoms. The number of non-ortho nitro benzene ring substituents is 1. The van der Waals surface area contributed by atoms with Crippen molar-refractivity contribution in [1.29, 1.82) is 0 Å². The van der Waals surface area contributed by atoms with Crippen molar-refractivity contribution in [3.8, 4) is 0 Å². The van der Waals surface area contributed by atoms with Gasteiger partial charge in [-0.05, 0) is 30.9 Å². The first-order chi connectivity index (χ1) is 14.0. The lowest BCUT2D eigenvalue weighted by atomic mass is 10.0. The molecule has 0 aliphatic carbocycles. The standard InChI is InChI=1S/C21H21N3O5/c25-20(22-12-4-8-17(22)15-6-2-1-3-7-15)9-5-13-23-18-11-10-16(24(27)28)14-19(18)29-21(23)26/h1-3,6-7,10-11,14,17H,4-5,8-9,12-13H2. The molecule has 150 valence electrons. The molecule has 1 fully saturated rings. The maximum Gasteiger partial charge on any atom is 0.419 e. The van der Waals surface area contributed by atoms with Crippen molar-refractivity contribution in [2.45, 2.75) is 38.3 Å². The van der Waals surface area contributed by atoms with Crippen LogP contribution in [0.3, 0.4) is 0 Å². The number of carbonyl (C=O) groups is 1. The first-order valence-electron chi connectivity index (χ1n) is 9.67. The zero-order valence-corrected chi connectivity index (χ0v) is 15.8. The van der Waals surface area contributed by atoms with Gasteiger partial charge in [-0.15, -0.1) is 0 Å². The van der Waals surface area contributed by atoms with Gasteiger partial charge in [0.05, 0.1) is 22.5 Å². The van der Waals surface area contributed by atoms with Crippen LogP contribution in [0.2, 0.25) is 0 Å². The largest absolute Gasteiger partial charge is 0.419 e. The Balaban J connectivity index is 1.42. The molecule has 2 heterocycles. The Labute approximate surface area is 166 Å². The van der Waals surface area contributed by atoms with E-state index in [1.165, 1.54) is 22.8 Å². The zero-order valence-electron chi connectivity index (χ0n) is 15.8. The van der Waals surface area contributed by atoms with E-state index in [0.717, 1.165) is 24.9 Å². The molecule has 0 radical (unpaired) electrons. The van der Waals surface area contributed by atoms with Crippen LogP contribution in [0.5, 0.6) is 0 Å². The minimum absolute atomic E-state index is 0.0767. The Hall–Kier alpha value is -3.42. The highest BCUT2D eigenvalue weighted by Gasteiger charge is 2.29. The number of hydrogen-bond donors (Lipinski definition) is 0. The van der Waals surface area contributed by atoms with Crippen LogP contribution in [0.15, 0.2) is 57.7 Å². The van der Waals surface area contributed by atoms with Gasteiger partial charge in [-0.1, -0.05) is 30.3 Å². The number of benzene rings is 2. The van der Waals surface area contributed by atoms with Crippen LogP contribution in [0.1, 0.15) is 37.3 Å². The lowest BCUT2D eigenvalue weighted by Crippen LogP contribution is -2.30. The number of likely N-dealkylation sites (tertiary alicyclic amines) is 1. The molecule has 8 nitrogen and oxygen atoms in total. The van der Waals surface area contributed by atoms with E-state index in [0.29, 0.717) is 24.9 Å². The van der Waals surface area contributed by atoms with E-state index >= 15 is 0 Å². The summed E-state index contributed by atoms with van der Waals surface area (Å²) in [5.74, 6) is -0.496. The number of aromatic nitrogens is 1. The zero-order chi connectivity index (χ0) is 20.4. The highest BCUT2D eigenvalue weighted by Crippen LogP contribution is 2.32. The van der Waals surface area contributed by atoms with Gasteiger partial charge in [0.2, 0.25) is 5.91 Å². The molecule has 0 saturated carbocycles. The Kier molecular flexibility index (Phi) is 5.16. The van der Waals surface area contributed by atoms with E-state index in [4.69, 9.17) is 4.42 Å². The summed E-state index contributed by atoms with van der Waals surface area (Å²) >= 11 is 0. The van der Waals surface area contributed by atoms with Gasteiger partial charge in [0.15, 0.2) is 5.58 Å². The lowest BCUT2D eigenvalue weighted by Gasteiger charge is -2.25. The van der Waals surface area contributed by atoms with E-state index in [1.807, 2.05) is 35.2 Å². The summed E-state index contributed by atoms with van der Waals surface area (Å²) in [5, 5.41) is 10.9. The number of carbonyl (C=O) groups excluding carboxylic acids is 1. The SMILES string of the molecule is O=C(CCCn1c(=O)oc2cc([N+](=O)[O-])ccc21)N1CCCC1c1ccccc1. The maximum atomic E-state index is 12.8. The fraction of sp³-hybridized carbons (Fsp3) is 0.333. The number of rotatable bonds is 6. The molecular formula is C21H21N3O5. The Bertz CT molecular complexity index is 1100. The first kappa shape index (κ1) is 18.9. The molecule has 3 aromatic rings. The third kappa shape index (κ3) is 3.78. The summed E-state index contributed by atoms with van der Waals surface area (Å²) in [4.78, 5) is 37.2. The summed E-state index contributed by atoms with van der Waals surface area (Å²) in [6.45, 7) is 1.07. The molecule has 0 bridgehead atoms. The van der Waals surface area contributed by atoms with Gasteiger partial charge in [-0.2, -0.15) is 0 Å². The van der Waals surface area contributed by atoms with Gasteiger partial charge < -0.3 is 9.32 Å². The maximum absolute atomic E-state index is 12.8. The van der Waals surface area contributed by atoms with Crippen molar-refractivity contribution in [2.24, 2.45) is 0 Å². The smallest absolute Gasteiger partial charge is 0.407 e. The number of hydrogen-bond acceptors (Lipinski definition) is 5. The third-order valence-electron chi connectivity index (χ3n) is 5.39. The van der Waals surface area contributed by atoms with Crippen LogP contribution >= 0.6 is 0 Å². The molecule has 1 atom stereocenters. The molecule has 1 aromatic heterocycles. The average Bonchev–Trinajstić information content (AvgIpc) is 3.33. The van der Waals surface area contributed by atoms with E-state index in [2.05, 4.69) is 0 Å². The van der Waals surface area contributed by atoms with Crippen molar-refractivity contribution in [3.63, 3.8) is 0 Å². The predicted molar refractivity (Wildman–Crippen MR) is 106 cm³/mol. The summed E-state index contributed by atoms with van der Waals surface area (Å²) < 4.78 is 6.55.